The molecular formula is C42H69O10P. The molecule has 302 valence electrons. The van der Waals surface area contributed by atoms with Crippen LogP contribution in [0.1, 0.15) is 129 Å². The third-order valence-corrected chi connectivity index (χ3v) is 8.57. The fourth-order valence-electron chi connectivity index (χ4n) is 4.67. The minimum Gasteiger partial charge on any atom is -0.457 e. The fourth-order valence-corrected chi connectivity index (χ4v) is 5.45. The second-order valence-electron chi connectivity index (χ2n) is 12.5. The molecule has 0 aromatic carbocycles. The van der Waals surface area contributed by atoms with E-state index in [9.17, 15) is 29.3 Å². The zero-order valence-electron chi connectivity index (χ0n) is 32.4. The van der Waals surface area contributed by atoms with E-state index in [4.69, 9.17) is 18.5 Å². The lowest BCUT2D eigenvalue weighted by molar-refractivity contribution is -0.153. The van der Waals surface area contributed by atoms with Gasteiger partial charge in [-0.2, -0.15) is 0 Å². The molecule has 0 rings (SSSR count). The lowest BCUT2D eigenvalue weighted by atomic mass is 10.1. The summed E-state index contributed by atoms with van der Waals surface area (Å²) in [5.74, 6) is -1.12. The molecule has 0 aliphatic heterocycles. The van der Waals surface area contributed by atoms with E-state index in [-0.39, 0.29) is 12.8 Å². The van der Waals surface area contributed by atoms with Gasteiger partial charge < -0.3 is 24.6 Å². The first-order valence-electron chi connectivity index (χ1n) is 19.5. The van der Waals surface area contributed by atoms with Gasteiger partial charge in [-0.1, -0.05) is 131 Å². The van der Waals surface area contributed by atoms with Crippen molar-refractivity contribution in [3.8, 4) is 0 Å². The molecule has 53 heavy (non-hydrogen) atoms. The summed E-state index contributed by atoms with van der Waals surface area (Å²) < 4.78 is 32.4. The Labute approximate surface area is 320 Å². The van der Waals surface area contributed by atoms with Crippen molar-refractivity contribution in [1.29, 1.82) is 0 Å². The molecule has 0 bridgehead atoms. The van der Waals surface area contributed by atoms with Gasteiger partial charge in [0.2, 0.25) is 0 Å². The fraction of sp³-hybridized carbons (Fsp3) is 0.619. The smallest absolute Gasteiger partial charge is 0.457 e. The largest absolute Gasteiger partial charge is 0.472 e. The van der Waals surface area contributed by atoms with Crippen LogP contribution >= 0.6 is 7.82 Å². The van der Waals surface area contributed by atoms with Crippen LogP contribution in [-0.4, -0.2) is 65.7 Å². The van der Waals surface area contributed by atoms with Gasteiger partial charge in [0.25, 0.3) is 0 Å². The maximum Gasteiger partial charge on any atom is 0.472 e. The first kappa shape index (κ1) is 50.1. The monoisotopic (exact) mass is 764 g/mol. The molecule has 0 saturated heterocycles. The Morgan fingerprint density at radius 1 is 0.509 bits per heavy atom. The number of rotatable bonds is 35. The number of phosphoric ester groups is 1. The van der Waals surface area contributed by atoms with Crippen molar-refractivity contribution < 1.29 is 47.8 Å². The Kier molecular flexibility index (Phi) is 35.5. The number of carbonyl (C=O) groups excluding carboxylic acids is 2. The summed E-state index contributed by atoms with van der Waals surface area (Å²) in [5.41, 5.74) is 0. The van der Waals surface area contributed by atoms with Gasteiger partial charge in [0.1, 0.15) is 12.2 Å². The zero-order valence-corrected chi connectivity index (χ0v) is 33.3. The van der Waals surface area contributed by atoms with Crippen LogP contribution in [0.3, 0.4) is 0 Å². The Morgan fingerprint density at radius 3 is 1.30 bits per heavy atom. The van der Waals surface area contributed by atoms with E-state index in [1.165, 1.54) is 12.8 Å². The molecular weight excluding hydrogens is 695 g/mol. The van der Waals surface area contributed by atoms with E-state index < -0.39 is 58.4 Å². The molecule has 0 fully saturated rings. The average molecular weight is 765 g/mol. The second kappa shape index (κ2) is 37.5. The van der Waals surface area contributed by atoms with E-state index in [0.29, 0.717) is 12.8 Å². The van der Waals surface area contributed by atoms with Gasteiger partial charge in [0, 0.05) is 12.8 Å². The van der Waals surface area contributed by atoms with E-state index >= 15 is 0 Å². The molecule has 0 spiro atoms. The highest BCUT2D eigenvalue weighted by Crippen LogP contribution is 2.43. The molecule has 0 aromatic heterocycles. The number of allylic oxidation sites excluding steroid dienone is 14. The Balaban J connectivity index is 4.06. The summed E-state index contributed by atoms with van der Waals surface area (Å²) in [4.78, 5) is 34.4. The van der Waals surface area contributed by atoms with Crippen LogP contribution in [0.2, 0.25) is 0 Å². The summed E-state index contributed by atoms with van der Waals surface area (Å²) in [6, 6.07) is 0. The number of carbonyl (C=O) groups is 2. The van der Waals surface area contributed by atoms with Crippen LogP contribution in [0.5, 0.6) is 0 Å². The zero-order chi connectivity index (χ0) is 39.1. The number of hydrogen-bond donors (Lipinski definition) is 3. The Morgan fingerprint density at radius 2 is 0.868 bits per heavy atom. The first-order chi connectivity index (χ1) is 25.8. The average Bonchev–Trinajstić information content (AvgIpc) is 3.14. The highest BCUT2D eigenvalue weighted by Gasteiger charge is 2.27. The van der Waals surface area contributed by atoms with Crippen molar-refractivity contribution >= 4 is 19.8 Å². The number of esters is 2. The van der Waals surface area contributed by atoms with Crippen molar-refractivity contribution in [2.45, 2.75) is 142 Å². The van der Waals surface area contributed by atoms with Crippen molar-refractivity contribution in [3.05, 3.63) is 85.1 Å². The number of aliphatic hydroxyl groups is 2. The molecule has 0 heterocycles. The van der Waals surface area contributed by atoms with Crippen molar-refractivity contribution in [2.24, 2.45) is 0 Å². The van der Waals surface area contributed by atoms with Crippen LogP contribution in [0.15, 0.2) is 85.1 Å². The van der Waals surface area contributed by atoms with Crippen LogP contribution < -0.4 is 0 Å². The van der Waals surface area contributed by atoms with Gasteiger partial charge in [0.05, 0.1) is 26.4 Å². The van der Waals surface area contributed by atoms with Gasteiger partial charge >= 0.3 is 19.8 Å². The number of ether oxygens (including phenoxy) is 2. The minimum atomic E-state index is -4.66. The highest BCUT2D eigenvalue weighted by molar-refractivity contribution is 7.47. The van der Waals surface area contributed by atoms with Crippen molar-refractivity contribution in [1.82, 2.24) is 0 Å². The Hall–Kier alpha value is -2.85. The molecule has 0 radical (unpaired) electrons. The molecule has 3 N–H and O–H groups in total. The topological polar surface area (TPSA) is 149 Å². The lowest BCUT2D eigenvalue weighted by Crippen LogP contribution is -2.28. The Bertz CT molecular complexity index is 1150. The maximum atomic E-state index is 12.3. The SMILES string of the molecule is CC/C=C\C/C=C\C/C=C\C/C=C\CCC(=O)OC(CO)COP(=O)(O)OCC(CO)OC(=O)CCCCCCCCC/C=C\C/C=C\C/C=C\CC. The molecule has 0 saturated carbocycles. The second-order valence-corrected chi connectivity index (χ2v) is 13.9. The molecule has 3 unspecified atom stereocenters. The molecule has 0 aliphatic carbocycles. The van der Waals surface area contributed by atoms with E-state index in [1.54, 1.807) is 0 Å². The van der Waals surface area contributed by atoms with Gasteiger partial charge in [-0.15, -0.1) is 0 Å². The van der Waals surface area contributed by atoms with Gasteiger partial charge in [-0.25, -0.2) is 4.57 Å². The first-order valence-corrected chi connectivity index (χ1v) is 21.0. The normalized spacial score (nSPS) is 14.9. The molecule has 3 atom stereocenters. The summed E-state index contributed by atoms with van der Waals surface area (Å²) >= 11 is 0. The van der Waals surface area contributed by atoms with Crippen LogP contribution in [0.25, 0.3) is 0 Å². The highest BCUT2D eigenvalue weighted by atomic mass is 31.2. The predicted molar refractivity (Wildman–Crippen MR) is 214 cm³/mol. The summed E-state index contributed by atoms with van der Waals surface area (Å²) in [6.07, 6.45) is 42.9. The van der Waals surface area contributed by atoms with Crippen LogP contribution in [0, 0.1) is 0 Å². The third-order valence-electron chi connectivity index (χ3n) is 7.62. The van der Waals surface area contributed by atoms with Gasteiger partial charge in [-0.05, 0) is 70.6 Å². The predicted octanol–water partition coefficient (Wildman–Crippen LogP) is 9.88. The van der Waals surface area contributed by atoms with E-state index in [0.717, 1.165) is 77.0 Å². The maximum absolute atomic E-state index is 12.3. The molecule has 0 amide bonds. The number of phosphoric acid groups is 1. The summed E-state index contributed by atoms with van der Waals surface area (Å²) in [6.45, 7) is 1.85. The third kappa shape index (κ3) is 35.9. The van der Waals surface area contributed by atoms with E-state index in [1.807, 2.05) is 18.2 Å². The van der Waals surface area contributed by atoms with Crippen molar-refractivity contribution in [3.63, 3.8) is 0 Å². The number of hydrogen-bond acceptors (Lipinski definition) is 9. The molecule has 0 aliphatic rings. The number of aliphatic hydroxyl groups excluding tert-OH is 2. The lowest BCUT2D eigenvalue weighted by Gasteiger charge is -2.20. The molecule has 0 aromatic rings. The summed E-state index contributed by atoms with van der Waals surface area (Å²) in [5, 5.41) is 19.1. The van der Waals surface area contributed by atoms with Crippen LogP contribution in [-0.2, 0) is 32.7 Å². The molecule has 11 heteroatoms. The minimum absolute atomic E-state index is 0.0657. The van der Waals surface area contributed by atoms with Crippen molar-refractivity contribution in [2.75, 3.05) is 26.4 Å². The quantitative estimate of drug-likeness (QED) is 0.0246. The number of unbranched alkanes of at least 4 members (excludes halogenated alkanes) is 7. The van der Waals surface area contributed by atoms with Gasteiger partial charge in [-0.3, -0.25) is 18.6 Å². The van der Waals surface area contributed by atoms with E-state index in [2.05, 4.69) is 80.7 Å². The summed E-state index contributed by atoms with van der Waals surface area (Å²) in [7, 11) is -4.66. The van der Waals surface area contributed by atoms with Crippen LogP contribution in [0.4, 0.5) is 0 Å². The molecule has 10 nitrogen and oxygen atoms in total. The van der Waals surface area contributed by atoms with Gasteiger partial charge in [0.15, 0.2) is 0 Å². The standard InChI is InChI=1S/C42H69O10P/c1-3-5-7-9-11-13-15-17-18-19-20-22-24-26-28-30-32-34-42(46)52-40(36-44)38-50-53(47,48)49-37-39(35-43)51-41(45)33-31-29-27-25-23-21-16-14-12-10-8-6-4-2/h5-8,11-14,17-18,21,23,27,29,39-40,43-44H,3-4,9-10,15-16,19-20,22,24-26,28,30-38H2,1-2H3,(H,47,48)/b7-5-,8-6-,13-11-,14-12-,18-17-,23-21-,29-27-.